The van der Waals surface area contributed by atoms with Crippen LogP contribution in [-0.2, 0) is 4.79 Å². The highest BCUT2D eigenvalue weighted by atomic mass is 16.4. The normalized spacial score (nSPS) is 16.4. The lowest BCUT2D eigenvalue weighted by atomic mass is 9.96. The summed E-state index contributed by atoms with van der Waals surface area (Å²) in [5, 5.41) is 20.7. The van der Waals surface area contributed by atoms with Gasteiger partial charge >= 0.3 is 5.97 Å². The number of nitrogens with zero attached hydrogens (tertiary/aromatic N) is 1. The Hall–Kier alpha value is -2.69. The minimum atomic E-state index is -1.08. The van der Waals surface area contributed by atoms with Crippen LogP contribution in [0.25, 0.3) is 5.57 Å². The fourth-order valence-corrected chi connectivity index (χ4v) is 2.40. The van der Waals surface area contributed by atoms with Crippen molar-refractivity contribution in [3.05, 3.63) is 53.0 Å². The molecule has 0 atom stereocenters. The number of carboxylic acids is 1. The SMILES string of the molecule is CC(=N)/C(=C1/N=C(C(=O)O)C=C(C(C)C)N1)c1ccccc1C. The van der Waals surface area contributed by atoms with Crippen molar-refractivity contribution < 1.29 is 9.90 Å². The molecule has 0 saturated heterocycles. The Kier molecular flexibility index (Phi) is 4.79. The molecule has 0 saturated carbocycles. The molecule has 5 nitrogen and oxygen atoms in total. The molecule has 0 spiro atoms. The van der Waals surface area contributed by atoms with E-state index in [1.807, 2.05) is 45.0 Å². The first-order chi connectivity index (χ1) is 10.8. The highest BCUT2D eigenvalue weighted by Crippen LogP contribution is 2.26. The molecule has 1 aromatic rings. The molecule has 3 N–H and O–H groups in total. The van der Waals surface area contributed by atoms with E-state index in [0.29, 0.717) is 17.1 Å². The Morgan fingerprint density at radius 1 is 1.30 bits per heavy atom. The van der Waals surface area contributed by atoms with E-state index in [9.17, 15) is 9.90 Å². The van der Waals surface area contributed by atoms with Crippen LogP contribution in [0.15, 0.2) is 46.9 Å². The van der Waals surface area contributed by atoms with Gasteiger partial charge in [0.05, 0.1) is 0 Å². The summed E-state index contributed by atoms with van der Waals surface area (Å²) in [4.78, 5) is 15.6. The smallest absolute Gasteiger partial charge is 0.354 e. The minimum absolute atomic E-state index is 0.0187. The Balaban J connectivity index is 2.69. The van der Waals surface area contributed by atoms with Gasteiger partial charge in [-0.3, -0.25) is 0 Å². The molecule has 0 aliphatic carbocycles. The van der Waals surface area contributed by atoms with Crippen molar-refractivity contribution in [1.82, 2.24) is 5.32 Å². The number of aliphatic carboxylic acids is 1. The number of hydrogen-bond donors (Lipinski definition) is 3. The van der Waals surface area contributed by atoms with Crippen molar-refractivity contribution in [2.45, 2.75) is 27.7 Å². The van der Waals surface area contributed by atoms with Gasteiger partial charge in [0.2, 0.25) is 0 Å². The van der Waals surface area contributed by atoms with Gasteiger partial charge in [0.15, 0.2) is 5.71 Å². The monoisotopic (exact) mass is 311 g/mol. The second-order valence-corrected chi connectivity index (χ2v) is 5.85. The molecule has 1 aliphatic heterocycles. The number of hydrogen-bond acceptors (Lipinski definition) is 4. The molecule has 5 heteroatoms. The van der Waals surface area contributed by atoms with Crippen LogP contribution in [0.3, 0.4) is 0 Å². The summed E-state index contributed by atoms with van der Waals surface area (Å²) >= 11 is 0. The van der Waals surface area contributed by atoms with Crippen LogP contribution < -0.4 is 5.32 Å². The van der Waals surface area contributed by atoms with E-state index in [0.717, 1.165) is 16.8 Å². The molecule has 1 aromatic carbocycles. The van der Waals surface area contributed by atoms with Crippen molar-refractivity contribution in [2.75, 3.05) is 0 Å². The van der Waals surface area contributed by atoms with Gasteiger partial charge in [-0.25, -0.2) is 9.79 Å². The fraction of sp³-hybridized carbons (Fsp3) is 0.278. The van der Waals surface area contributed by atoms with Crippen molar-refractivity contribution in [3.8, 4) is 0 Å². The second kappa shape index (κ2) is 6.60. The maximum atomic E-state index is 11.4. The average Bonchev–Trinajstić information content (AvgIpc) is 2.48. The summed E-state index contributed by atoms with van der Waals surface area (Å²) in [7, 11) is 0. The quantitative estimate of drug-likeness (QED) is 0.745. The predicted octanol–water partition coefficient (Wildman–Crippen LogP) is 3.37. The van der Waals surface area contributed by atoms with Gasteiger partial charge < -0.3 is 15.8 Å². The van der Waals surface area contributed by atoms with Crippen molar-refractivity contribution in [1.29, 1.82) is 5.41 Å². The maximum absolute atomic E-state index is 11.4. The van der Waals surface area contributed by atoms with E-state index in [4.69, 9.17) is 5.41 Å². The molecular weight excluding hydrogens is 290 g/mol. The van der Waals surface area contributed by atoms with Crippen LogP contribution in [0.2, 0.25) is 0 Å². The number of carboxylic acid groups (broad SMARTS) is 1. The van der Waals surface area contributed by atoms with Crippen LogP contribution in [0.4, 0.5) is 0 Å². The average molecular weight is 311 g/mol. The molecule has 0 unspecified atom stereocenters. The standard InChI is InChI=1S/C18H21N3O2/c1-10(2)14-9-15(18(22)23)21-17(20-14)16(12(4)19)13-8-6-5-7-11(13)3/h5-10,19-20H,1-4H3,(H,22,23)/b17-16-,19-12?. The topological polar surface area (TPSA) is 85.5 Å². The van der Waals surface area contributed by atoms with Crippen LogP contribution in [0, 0.1) is 18.3 Å². The maximum Gasteiger partial charge on any atom is 0.354 e. The highest BCUT2D eigenvalue weighted by molar-refractivity contribution is 6.41. The molecule has 0 radical (unpaired) electrons. The number of carbonyl (C=O) groups is 1. The molecule has 0 amide bonds. The number of rotatable bonds is 4. The van der Waals surface area contributed by atoms with E-state index < -0.39 is 5.97 Å². The molecule has 1 heterocycles. The lowest BCUT2D eigenvalue weighted by molar-refractivity contribution is -0.129. The molecule has 120 valence electrons. The van der Waals surface area contributed by atoms with Gasteiger partial charge in [-0.1, -0.05) is 38.1 Å². The molecule has 0 aromatic heterocycles. The predicted molar refractivity (Wildman–Crippen MR) is 92.6 cm³/mol. The summed E-state index contributed by atoms with van der Waals surface area (Å²) in [5.41, 5.74) is 3.60. The Labute approximate surface area is 136 Å². The van der Waals surface area contributed by atoms with E-state index in [1.165, 1.54) is 0 Å². The number of benzene rings is 1. The molecule has 1 aliphatic rings. The van der Waals surface area contributed by atoms with Gasteiger partial charge in [0, 0.05) is 17.0 Å². The third-order valence-corrected chi connectivity index (χ3v) is 3.65. The summed E-state index contributed by atoms with van der Waals surface area (Å²) < 4.78 is 0. The number of aryl methyl sites for hydroxylation is 1. The van der Waals surface area contributed by atoms with Crippen molar-refractivity contribution in [3.63, 3.8) is 0 Å². The summed E-state index contributed by atoms with van der Waals surface area (Å²) in [6.45, 7) is 7.60. The van der Waals surface area contributed by atoms with Crippen LogP contribution in [0.5, 0.6) is 0 Å². The zero-order chi connectivity index (χ0) is 17.1. The fourth-order valence-electron chi connectivity index (χ4n) is 2.40. The number of allylic oxidation sites excluding steroid dienone is 2. The summed E-state index contributed by atoms with van der Waals surface area (Å²) in [6.07, 6.45) is 1.55. The zero-order valence-electron chi connectivity index (χ0n) is 13.8. The second-order valence-electron chi connectivity index (χ2n) is 5.85. The van der Waals surface area contributed by atoms with E-state index in [-0.39, 0.29) is 11.6 Å². The van der Waals surface area contributed by atoms with Gasteiger partial charge in [-0.15, -0.1) is 0 Å². The zero-order valence-corrected chi connectivity index (χ0v) is 13.8. The van der Waals surface area contributed by atoms with Crippen LogP contribution in [-0.4, -0.2) is 22.5 Å². The number of aliphatic imine (C=N–C) groups is 1. The lowest BCUT2D eigenvalue weighted by Crippen LogP contribution is -2.27. The minimum Gasteiger partial charge on any atom is -0.477 e. The van der Waals surface area contributed by atoms with E-state index in [1.54, 1.807) is 13.0 Å². The summed E-state index contributed by atoms with van der Waals surface area (Å²) in [6, 6.07) is 7.71. The number of nitrogens with one attached hydrogen (secondary N) is 2. The third-order valence-electron chi connectivity index (χ3n) is 3.65. The molecule has 0 fully saturated rings. The Morgan fingerprint density at radius 2 is 1.96 bits per heavy atom. The first-order valence-electron chi connectivity index (χ1n) is 7.47. The first-order valence-corrected chi connectivity index (χ1v) is 7.47. The van der Waals surface area contributed by atoms with E-state index in [2.05, 4.69) is 10.3 Å². The van der Waals surface area contributed by atoms with Gasteiger partial charge in [-0.05, 0) is 37.0 Å². The lowest BCUT2D eigenvalue weighted by Gasteiger charge is -2.22. The molecule has 0 bridgehead atoms. The van der Waals surface area contributed by atoms with Crippen molar-refractivity contribution in [2.24, 2.45) is 10.9 Å². The molecular formula is C18H21N3O2. The van der Waals surface area contributed by atoms with Crippen LogP contribution in [0.1, 0.15) is 31.9 Å². The summed E-state index contributed by atoms with van der Waals surface area (Å²) in [5.74, 6) is -0.539. The first kappa shape index (κ1) is 16.7. The van der Waals surface area contributed by atoms with Gasteiger partial charge in [0.1, 0.15) is 5.82 Å². The molecule has 23 heavy (non-hydrogen) atoms. The Morgan fingerprint density at radius 3 is 2.48 bits per heavy atom. The third kappa shape index (κ3) is 3.56. The molecule has 2 rings (SSSR count). The van der Waals surface area contributed by atoms with Crippen molar-refractivity contribution >= 4 is 23.0 Å². The highest BCUT2D eigenvalue weighted by Gasteiger charge is 2.22. The Bertz CT molecular complexity index is 755. The van der Waals surface area contributed by atoms with E-state index >= 15 is 0 Å². The van der Waals surface area contributed by atoms with Gasteiger partial charge in [-0.2, -0.15) is 0 Å². The largest absolute Gasteiger partial charge is 0.477 e. The van der Waals surface area contributed by atoms with Gasteiger partial charge in [0.25, 0.3) is 0 Å². The van der Waals surface area contributed by atoms with Crippen LogP contribution >= 0.6 is 0 Å².